The maximum absolute atomic E-state index is 9.66. The average molecular weight is 170 g/mol. The minimum absolute atomic E-state index is 0.137. The van der Waals surface area contributed by atoms with E-state index >= 15 is 0 Å². The molecule has 1 aliphatic heterocycles. The van der Waals surface area contributed by atoms with Gasteiger partial charge in [-0.2, -0.15) is 0 Å². The van der Waals surface area contributed by atoms with Crippen molar-refractivity contribution >= 4 is 0 Å². The summed E-state index contributed by atoms with van der Waals surface area (Å²) in [7, 11) is 0. The summed E-state index contributed by atoms with van der Waals surface area (Å²) in [4.78, 5) is 0. The van der Waals surface area contributed by atoms with Crippen LogP contribution in [0.2, 0.25) is 0 Å². The molecule has 2 heteroatoms. The van der Waals surface area contributed by atoms with E-state index in [9.17, 15) is 5.11 Å². The lowest BCUT2D eigenvalue weighted by Crippen LogP contribution is -2.51. The molecule has 1 fully saturated rings. The number of hydrogen-bond acceptors (Lipinski definition) is 2. The lowest BCUT2D eigenvalue weighted by molar-refractivity contribution is -0.192. The van der Waals surface area contributed by atoms with Crippen molar-refractivity contribution in [2.24, 2.45) is 0 Å². The van der Waals surface area contributed by atoms with E-state index < -0.39 is 11.7 Å². The predicted molar refractivity (Wildman–Crippen MR) is 49.0 cm³/mol. The summed E-state index contributed by atoms with van der Waals surface area (Å²) < 4.78 is 5.75. The standard InChI is InChI=1S/C10H18O2/c1-5-10(4)8(11)6-7-9(2,3)12-10/h5,8,11H,1,6-7H2,2-4H3. The van der Waals surface area contributed by atoms with Gasteiger partial charge in [0.1, 0.15) is 5.60 Å². The molecule has 1 rings (SSSR count). The van der Waals surface area contributed by atoms with E-state index in [0.717, 1.165) is 12.8 Å². The molecule has 0 aromatic heterocycles. The summed E-state index contributed by atoms with van der Waals surface area (Å²) in [5.41, 5.74) is -0.704. The Morgan fingerprint density at radius 3 is 2.50 bits per heavy atom. The van der Waals surface area contributed by atoms with Crippen molar-refractivity contribution in [1.82, 2.24) is 0 Å². The average Bonchev–Trinajstić information content (AvgIpc) is 1.97. The van der Waals surface area contributed by atoms with E-state index in [4.69, 9.17) is 4.74 Å². The van der Waals surface area contributed by atoms with Gasteiger partial charge in [-0.3, -0.25) is 0 Å². The molecule has 0 aromatic carbocycles. The number of rotatable bonds is 1. The first kappa shape index (κ1) is 9.75. The number of aliphatic hydroxyl groups is 1. The maximum atomic E-state index is 9.66. The van der Waals surface area contributed by atoms with E-state index in [1.54, 1.807) is 6.08 Å². The van der Waals surface area contributed by atoms with Crippen LogP contribution in [0.1, 0.15) is 33.6 Å². The number of hydrogen-bond donors (Lipinski definition) is 1. The molecule has 2 nitrogen and oxygen atoms in total. The fraction of sp³-hybridized carbons (Fsp3) is 0.800. The molecular formula is C10H18O2. The Morgan fingerprint density at radius 1 is 1.50 bits per heavy atom. The molecule has 0 amide bonds. The minimum atomic E-state index is -0.568. The summed E-state index contributed by atoms with van der Waals surface area (Å²) in [5, 5.41) is 9.66. The molecule has 70 valence electrons. The molecule has 1 N–H and O–H groups in total. The third kappa shape index (κ3) is 1.70. The Balaban J connectivity index is 2.79. The highest BCUT2D eigenvalue weighted by Crippen LogP contribution is 2.35. The van der Waals surface area contributed by atoms with Crippen molar-refractivity contribution < 1.29 is 9.84 Å². The van der Waals surface area contributed by atoms with Gasteiger partial charge in [-0.25, -0.2) is 0 Å². The molecule has 1 aliphatic rings. The summed E-state index contributed by atoms with van der Waals surface area (Å²) in [6.07, 6.45) is 2.97. The van der Waals surface area contributed by atoms with E-state index in [1.807, 2.05) is 20.8 Å². The predicted octanol–water partition coefficient (Wildman–Crippen LogP) is 1.88. The molecule has 1 heterocycles. The quantitative estimate of drug-likeness (QED) is 0.609. The summed E-state index contributed by atoms with van der Waals surface area (Å²) in [6.45, 7) is 9.65. The first-order valence-electron chi connectivity index (χ1n) is 4.41. The number of ether oxygens (including phenoxy) is 1. The van der Waals surface area contributed by atoms with Gasteiger partial charge in [-0.05, 0) is 33.6 Å². The second-order valence-electron chi connectivity index (χ2n) is 4.30. The van der Waals surface area contributed by atoms with Gasteiger partial charge in [-0.1, -0.05) is 6.08 Å². The molecule has 1 saturated heterocycles. The largest absolute Gasteiger partial charge is 0.390 e. The van der Waals surface area contributed by atoms with Gasteiger partial charge in [0.2, 0.25) is 0 Å². The third-order valence-corrected chi connectivity index (χ3v) is 2.58. The van der Waals surface area contributed by atoms with Gasteiger partial charge in [0.05, 0.1) is 11.7 Å². The smallest absolute Gasteiger partial charge is 0.110 e. The highest BCUT2D eigenvalue weighted by atomic mass is 16.5. The zero-order valence-corrected chi connectivity index (χ0v) is 8.13. The van der Waals surface area contributed by atoms with Gasteiger partial charge < -0.3 is 9.84 Å². The fourth-order valence-electron chi connectivity index (χ4n) is 1.66. The molecule has 0 saturated carbocycles. The Labute approximate surface area is 74.2 Å². The van der Waals surface area contributed by atoms with Gasteiger partial charge in [0.25, 0.3) is 0 Å². The highest BCUT2D eigenvalue weighted by molar-refractivity contribution is 5.04. The lowest BCUT2D eigenvalue weighted by atomic mass is 9.85. The van der Waals surface area contributed by atoms with Crippen molar-refractivity contribution in [2.45, 2.75) is 50.9 Å². The van der Waals surface area contributed by atoms with Crippen LogP contribution in [-0.2, 0) is 4.74 Å². The fourth-order valence-corrected chi connectivity index (χ4v) is 1.66. The van der Waals surface area contributed by atoms with Gasteiger partial charge in [-0.15, -0.1) is 6.58 Å². The number of aliphatic hydroxyl groups excluding tert-OH is 1. The van der Waals surface area contributed by atoms with Crippen LogP contribution >= 0.6 is 0 Å². The van der Waals surface area contributed by atoms with Crippen molar-refractivity contribution in [1.29, 1.82) is 0 Å². The Bertz CT molecular complexity index is 186. The van der Waals surface area contributed by atoms with E-state index in [2.05, 4.69) is 6.58 Å². The highest BCUT2D eigenvalue weighted by Gasteiger charge is 2.41. The molecule has 0 aliphatic carbocycles. The molecular weight excluding hydrogens is 152 g/mol. The SMILES string of the molecule is C=CC1(C)OC(C)(C)CCC1O. The molecule has 0 radical (unpaired) electrons. The monoisotopic (exact) mass is 170 g/mol. The van der Waals surface area contributed by atoms with Crippen LogP contribution in [0.15, 0.2) is 12.7 Å². The van der Waals surface area contributed by atoms with E-state index in [-0.39, 0.29) is 5.60 Å². The topological polar surface area (TPSA) is 29.5 Å². The van der Waals surface area contributed by atoms with Gasteiger partial charge in [0, 0.05) is 0 Å². The summed E-state index contributed by atoms with van der Waals surface area (Å²) in [6, 6.07) is 0. The van der Waals surface area contributed by atoms with E-state index in [0.29, 0.717) is 0 Å². The molecule has 0 aromatic rings. The molecule has 0 bridgehead atoms. The molecule has 0 spiro atoms. The third-order valence-electron chi connectivity index (χ3n) is 2.58. The van der Waals surface area contributed by atoms with Crippen molar-refractivity contribution in [3.63, 3.8) is 0 Å². The second kappa shape index (κ2) is 2.86. The molecule has 12 heavy (non-hydrogen) atoms. The van der Waals surface area contributed by atoms with Crippen LogP contribution < -0.4 is 0 Å². The summed E-state index contributed by atoms with van der Waals surface area (Å²) in [5.74, 6) is 0. The van der Waals surface area contributed by atoms with E-state index in [1.165, 1.54) is 0 Å². The van der Waals surface area contributed by atoms with Crippen LogP contribution in [0.5, 0.6) is 0 Å². The first-order chi connectivity index (χ1) is 5.40. The maximum Gasteiger partial charge on any atom is 0.110 e. The normalized spacial score (nSPS) is 40.8. The minimum Gasteiger partial charge on any atom is -0.390 e. The zero-order valence-electron chi connectivity index (χ0n) is 8.13. The first-order valence-corrected chi connectivity index (χ1v) is 4.41. The van der Waals surface area contributed by atoms with Crippen LogP contribution in [0.25, 0.3) is 0 Å². The van der Waals surface area contributed by atoms with Crippen LogP contribution in [0.4, 0.5) is 0 Å². The Hall–Kier alpha value is -0.340. The van der Waals surface area contributed by atoms with Gasteiger partial charge in [0.15, 0.2) is 0 Å². The zero-order chi connectivity index (χ0) is 9.41. The van der Waals surface area contributed by atoms with Crippen LogP contribution in [0.3, 0.4) is 0 Å². The second-order valence-corrected chi connectivity index (χ2v) is 4.30. The molecule has 2 unspecified atom stereocenters. The van der Waals surface area contributed by atoms with Crippen LogP contribution in [0, 0.1) is 0 Å². The lowest BCUT2D eigenvalue weighted by Gasteiger charge is -2.44. The van der Waals surface area contributed by atoms with Crippen molar-refractivity contribution in [3.05, 3.63) is 12.7 Å². The summed E-state index contributed by atoms with van der Waals surface area (Å²) >= 11 is 0. The Morgan fingerprint density at radius 2 is 2.08 bits per heavy atom. The van der Waals surface area contributed by atoms with Crippen LogP contribution in [-0.4, -0.2) is 22.4 Å². The van der Waals surface area contributed by atoms with Gasteiger partial charge >= 0.3 is 0 Å². The molecule has 2 atom stereocenters. The Kier molecular flexibility index (Phi) is 2.32. The van der Waals surface area contributed by atoms with Crippen molar-refractivity contribution in [3.8, 4) is 0 Å². The van der Waals surface area contributed by atoms with Crippen molar-refractivity contribution in [2.75, 3.05) is 0 Å².